The van der Waals surface area contributed by atoms with Gasteiger partial charge in [-0.05, 0) is 25.0 Å². The van der Waals surface area contributed by atoms with E-state index in [0.717, 1.165) is 30.9 Å². The highest BCUT2D eigenvalue weighted by molar-refractivity contribution is 7.22. The first kappa shape index (κ1) is 20.8. The van der Waals surface area contributed by atoms with Crippen molar-refractivity contribution in [1.29, 1.82) is 0 Å². The maximum absolute atomic E-state index is 16.1. The Bertz CT molecular complexity index is 1410. The van der Waals surface area contributed by atoms with Crippen LogP contribution in [0.5, 0.6) is 6.01 Å². The zero-order valence-corrected chi connectivity index (χ0v) is 19.6. The average Bonchev–Trinajstić information content (AvgIpc) is 3.51. The number of aromatic nitrogens is 3. The molecule has 0 atom stereocenters. The van der Waals surface area contributed by atoms with E-state index in [1.54, 1.807) is 12.1 Å². The minimum absolute atomic E-state index is 0.128. The second-order valence-electron chi connectivity index (χ2n) is 8.78. The van der Waals surface area contributed by atoms with Gasteiger partial charge >= 0.3 is 6.01 Å². The molecule has 1 aliphatic carbocycles. The summed E-state index contributed by atoms with van der Waals surface area (Å²) in [6.07, 6.45) is 2.35. The number of benzene rings is 2. The second-order valence-corrected chi connectivity index (χ2v) is 10.2. The minimum atomic E-state index is -0.521. The number of para-hydroxylation sites is 1. The van der Waals surface area contributed by atoms with E-state index in [2.05, 4.69) is 25.2 Å². The van der Waals surface area contributed by atoms with Gasteiger partial charge < -0.3 is 20.7 Å². The Morgan fingerprint density at radius 3 is 2.88 bits per heavy atom. The predicted molar refractivity (Wildman–Crippen MR) is 131 cm³/mol. The number of fused-ring (bicyclic) bond motifs is 2. The lowest BCUT2D eigenvalue weighted by molar-refractivity contribution is 0.381. The summed E-state index contributed by atoms with van der Waals surface area (Å²) >= 11 is 8.08. The minimum Gasteiger partial charge on any atom is -0.467 e. The normalized spacial score (nSPS) is 17.6. The van der Waals surface area contributed by atoms with Crippen LogP contribution in [0.2, 0.25) is 5.02 Å². The Kier molecular flexibility index (Phi) is 4.83. The first-order chi connectivity index (χ1) is 16.0. The molecule has 1 saturated carbocycles. The van der Waals surface area contributed by atoms with Gasteiger partial charge in [-0.3, -0.25) is 0 Å². The van der Waals surface area contributed by atoms with E-state index in [4.69, 9.17) is 22.1 Å². The highest BCUT2D eigenvalue weighted by atomic mass is 35.5. The summed E-state index contributed by atoms with van der Waals surface area (Å²) in [5.41, 5.74) is 7.81. The third kappa shape index (κ3) is 3.46. The summed E-state index contributed by atoms with van der Waals surface area (Å²) in [7, 11) is 1.49. The van der Waals surface area contributed by atoms with Crippen molar-refractivity contribution >= 4 is 55.0 Å². The number of ether oxygens (including phenoxy) is 1. The van der Waals surface area contributed by atoms with Crippen LogP contribution in [0.15, 0.2) is 24.3 Å². The molecule has 0 unspecified atom stereocenters. The van der Waals surface area contributed by atoms with Gasteiger partial charge in [0.25, 0.3) is 0 Å². The zero-order valence-electron chi connectivity index (χ0n) is 18.0. The number of anilines is 2. The van der Waals surface area contributed by atoms with Crippen LogP contribution in [-0.2, 0) is 0 Å². The van der Waals surface area contributed by atoms with E-state index in [1.807, 2.05) is 12.1 Å². The van der Waals surface area contributed by atoms with Crippen molar-refractivity contribution in [2.75, 3.05) is 43.9 Å². The molecule has 7 nitrogen and oxygen atoms in total. The van der Waals surface area contributed by atoms with Crippen molar-refractivity contribution in [1.82, 2.24) is 20.3 Å². The van der Waals surface area contributed by atoms with Gasteiger partial charge in [-0.25, -0.2) is 9.37 Å². The number of nitrogens with two attached hydrogens (primary N) is 1. The van der Waals surface area contributed by atoms with E-state index in [1.165, 1.54) is 31.3 Å². The van der Waals surface area contributed by atoms with Crippen LogP contribution >= 0.6 is 22.9 Å². The number of nitrogens with one attached hydrogen (secondary N) is 1. The molecule has 0 amide bonds. The zero-order chi connectivity index (χ0) is 22.7. The molecule has 2 aliphatic rings. The molecule has 2 aromatic carbocycles. The lowest BCUT2D eigenvalue weighted by atomic mass is 10.0. The van der Waals surface area contributed by atoms with E-state index >= 15 is 4.39 Å². The van der Waals surface area contributed by atoms with E-state index < -0.39 is 5.82 Å². The molecule has 1 aliphatic heterocycles. The molecule has 33 heavy (non-hydrogen) atoms. The quantitative estimate of drug-likeness (QED) is 0.443. The molecule has 3 N–H and O–H groups in total. The molecule has 2 aromatic heterocycles. The smallest absolute Gasteiger partial charge is 0.318 e. The monoisotopic (exact) mass is 484 g/mol. The molecule has 3 heterocycles. The van der Waals surface area contributed by atoms with Gasteiger partial charge in [0.1, 0.15) is 11.3 Å². The van der Waals surface area contributed by atoms with Gasteiger partial charge in [-0.15, -0.1) is 0 Å². The lowest BCUT2D eigenvalue weighted by Gasteiger charge is -2.26. The number of hydrogen-bond acceptors (Lipinski definition) is 8. The summed E-state index contributed by atoms with van der Waals surface area (Å²) in [6.45, 7) is 3.43. The molecule has 6 rings (SSSR count). The number of thiazole rings is 1. The maximum Gasteiger partial charge on any atom is 0.318 e. The van der Waals surface area contributed by atoms with Gasteiger partial charge in [-0.2, -0.15) is 9.97 Å². The predicted octanol–water partition coefficient (Wildman–Crippen LogP) is 4.48. The van der Waals surface area contributed by atoms with E-state index in [0.29, 0.717) is 27.4 Å². The summed E-state index contributed by atoms with van der Waals surface area (Å²) in [4.78, 5) is 15.6. The van der Waals surface area contributed by atoms with Crippen LogP contribution in [0.25, 0.3) is 32.2 Å². The number of hydrogen-bond donors (Lipinski definition) is 2. The standard InChI is InChI=1S/C23H22ClFN6OS/c1-32-22-29-19-13(20(30-22)31-8-7-27-10-23(11-31)5-6-23)9-14(24)16(17(19)25)12-3-2-4-15-18(12)28-21(26)33-15/h2-4,9,27H,5-8,10-11H2,1H3,(H2,26,28). The highest BCUT2D eigenvalue weighted by Crippen LogP contribution is 2.48. The molecule has 1 saturated heterocycles. The molecule has 1 spiro atoms. The maximum atomic E-state index is 16.1. The molecule has 4 aromatic rings. The van der Waals surface area contributed by atoms with E-state index in [9.17, 15) is 0 Å². The lowest BCUT2D eigenvalue weighted by Crippen LogP contribution is -2.32. The first-order valence-electron chi connectivity index (χ1n) is 10.8. The van der Waals surface area contributed by atoms with Crippen LogP contribution in [-0.4, -0.2) is 48.2 Å². The Labute approximate surface area is 198 Å². The summed E-state index contributed by atoms with van der Waals surface area (Å²) in [5, 5.41) is 4.79. The molecule has 2 fully saturated rings. The van der Waals surface area contributed by atoms with Crippen molar-refractivity contribution in [3.05, 3.63) is 35.1 Å². The highest BCUT2D eigenvalue weighted by Gasteiger charge is 2.45. The fraction of sp³-hybridized carbons (Fsp3) is 0.348. The van der Waals surface area contributed by atoms with Crippen molar-refractivity contribution in [2.45, 2.75) is 12.8 Å². The molecule has 10 heteroatoms. The third-order valence-electron chi connectivity index (χ3n) is 6.57. The van der Waals surface area contributed by atoms with Gasteiger partial charge in [0.2, 0.25) is 0 Å². The fourth-order valence-electron chi connectivity index (χ4n) is 4.71. The number of rotatable bonds is 3. The summed E-state index contributed by atoms with van der Waals surface area (Å²) in [6, 6.07) is 7.44. The Morgan fingerprint density at radius 1 is 1.24 bits per heavy atom. The van der Waals surface area contributed by atoms with Gasteiger partial charge in [0.05, 0.1) is 22.3 Å². The molecular weight excluding hydrogens is 463 g/mol. The first-order valence-corrected chi connectivity index (χ1v) is 12.0. The third-order valence-corrected chi connectivity index (χ3v) is 7.72. The number of nitrogen functional groups attached to an aromatic ring is 1. The Balaban J connectivity index is 1.58. The van der Waals surface area contributed by atoms with Crippen LogP contribution in [0, 0.1) is 11.2 Å². The van der Waals surface area contributed by atoms with Crippen molar-refractivity contribution in [3.8, 4) is 17.1 Å². The molecule has 170 valence electrons. The van der Waals surface area contributed by atoms with Crippen LogP contribution in [0.4, 0.5) is 15.3 Å². The summed E-state index contributed by atoms with van der Waals surface area (Å²) in [5.74, 6) is 0.128. The van der Waals surface area contributed by atoms with E-state index in [-0.39, 0.29) is 27.5 Å². The summed E-state index contributed by atoms with van der Waals surface area (Å²) < 4.78 is 22.4. The van der Waals surface area contributed by atoms with Crippen molar-refractivity contribution in [2.24, 2.45) is 5.41 Å². The topological polar surface area (TPSA) is 89.2 Å². The number of nitrogens with zero attached hydrogens (tertiary/aromatic N) is 4. The number of halogens is 2. The largest absolute Gasteiger partial charge is 0.467 e. The average molecular weight is 485 g/mol. The van der Waals surface area contributed by atoms with Crippen molar-refractivity contribution in [3.63, 3.8) is 0 Å². The molecule has 0 radical (unpaired) electrons. The Morgan fingerprint density at radius 2 is 2.09 bits per heavy atom. The molecule has 0 bridgehead atoms. The van der Waals surface area contributed by atoms with Crippen molar-refractivity contribution < 1.29 is 9.13 Å². The van der Waals surface area contributed by atoms with Crippen LogP contribution in [0.1, 0.15) is 12.8 Å². The SMILES string of the molecule is COc1nc(N2CCNCC3(CC3)C2)c2cc(Cl)c(-c3cccc4sc(N)nc34)c(F)c2n1. The van der Waals surface area contributed by atoms with Gasteiger partial charge in [-0.1, -0.05) is 35.1 Å². The fourth-order valence-corrected chi connectivity index (χ4v) is 5.76. The van der Waals surface area contributed by atoms with Crippen LogP contribution < -0.4 is 20.7 Å². The van der Waals surface area contributed by atoms with Crippen LogP contribution in [0.3, 0.4) is 0 Å². The second kappa shape index (κ2) is 7.65. The van der Waals surface area contributed by atoms with Gasteiger partial charge in [0.15, 0.2) is 10.9 Å². The molecular formula is C23H22ClFN6OS. The number of methoxy groups -OCH3 is 1. The Hall–Kier alpha value is -2.75. The van der Waals surface area contributed by atoms with Gasteiger partial charge in [0, 0.05) is 48.1 Å².